The first-order chi connectivity index (χ1) is 6.86. The van der Waals surface area contributed by atoms with E-state index < -0.39 is 6.10 Å². The molecule has 0 spiro atoms. The Hall–Kier alpha value is -1.19. The summed E-state index contributed by atoms with van der Waals surface area (Å²) in [6.45, 7) is 0.809. The number of benzene rings is 1. The fourth-order valence-electron chi connectivity index (χ4n) is 1.03. The number of methoxy groups -OCH3 is 1. The maximum atomic E-state index is 10.4. The summed E-state index contributed by atoms with van der Waals surface area (Å²) in [7, 11) is 1.49. The summed E-state index contributed by atoms with van der Waals surface area (Å²) in [6, 6.07) is 9.80. The Balaban J connectivity index is 2.25. The highest BCUT2D eigenvalue weighted by Gasteiger charge is 2.04. The van der Waals surface area contributed by atoms with Gasteiger partial charge in [-0.3, -0.25) is 0 Å². The predicted octanol–water partition coefficient (Wildman–Crippen LogP) is 1.42. The van der Waals surface area contributed by atoms with Crippen LogP contribution in [0, 0.1) is 0 Å². The second kappa shape index (κ2) is 6.29. The quantitative estimate of drug-likeness (QED) is 0.642. The number of hydrogen-bond acceptors (Lipinski definition) is 3. The van der Waals surface area contributed by atoms with Gasteiger partial charge in [-0.25, -0.2) is 0 Å². The number of aldehydes is 1. The molecule has 3 heteroatoms. The van der Waals surface area contributed by atoms with Gasteiger partial charge in [0.05, 0.1) is 13.2 Å². The summed E-state index contributed by atoms with van der Waals surface area (Å²) in [4.78, 5) is 10.4. The van der Waals surface area contributed by atoms with Gasteiger partial charge in [0.25, 0.3) is 0 Å². The van der Waals surface area contributed by atoms with Gasteiger partial charge in [0.1, 0.15) is 6.10 Å². The molecular weight excluding hydrogens is 180 g/mol. The van der Waals surface area contributed by atoms with Crippen LogP contribution in [0.4, 0.5) is 0 Å². The van der Waals surface area contributed by atoms with Crippen LogP contribution >= 0.6 is 0 Å². The molecule has 3 nitrogen and oxygen atoms in total. The van der Waals surface area contributed by atoms with E-state index in [0.717, 1.165) is 11.8 Å². The highest BCUT2D eigenvalue weighted by Crippen LogP contribution is 2.01. The van der Waals surface area contributed by atoms with Crippen molar-refractivity contribution in [3.63, 3.8) is 0 Å². The molecule has 0 aliphatic heterocycles. The highest BCUT2D eigenvalue weighted by molar-refractivity contribution is 5.56. The third-order valence-corrected chi connectivity index (χ3v) is 1.85. The Labute approximate surface area is 83.6 Å². The smallest absolute Gasteiger partial charge is 0.151 e. The zero-order chi connectivity index (χ0) is 10.2. The Kier molecular flexibility index (Phi) is 4.89. The van der Waals surface area contributed by atoms with Crippen molar-refractivity contribution in [2.75, 3.05) is 13.7 Å². The average Bonchev–Trinajstić information content (AvgIpc) is 2.26. The molecule has 0 heterocycles. The average molecular weight is 194 g/mol. The standard InChI is InChI=1S/C11H14O3/c1-13-11(7-12)9-14-8-10-5-3-2-4-6-10/h2-7,11H,8-9H2,1H3/t11-/m0/s1. The van der Waals surface area contributed by atoms with Crippen LogP contribution in [0.5, 0.6) is 0 Å². The van der Waals surface area contributed by atoms with Crippen LogP contribution in [0.25, 0.3) is 0 Å². The molecule has 76 valence electrons. The minimum Gasteiger partial charge on any atom is -0.374 e. The fourth-order valence-corrected chi connectivity index (χ4v) is 1.03. The third-order valence-electron chi connectivity index (χ3n) is 1.85. The Morgan fingerprint density at radius 3 is 2.64 bits per heavy atom. The van der Waals surface area contributed by atoms with Crippen molar-refractivity contribution in [2.24, 2.45) is 0 Å². The van der Waals surface area contributed by atoms with Crippen molar-refractivity contribution in [3.8, 4) is 0 Å². The molecular formula is C11H14O3. The van der Waals surface area contributed by atoms with Crippen molar-refractivity contribution in [2.45, 2.75) is 12.7 Å². The molecule has 0 fully saturated rings. The monoisotopic (exact) mass is 194 g/mol. The number of hydrogen-bond donors (Lipinski definition) is 0. The summed E-state index contributed by atoms with van der Waals surface area (Å²) < 4.78 is 10.2. The van der Waals surface area contributed by atoms with Crippen molar-refractivity contribution < 1.29 is 14.3 Å². The molecule has 1 aromatic rings. The molecule has 0 unspecified atom stereocenters. The predicted molar refractivity (Wildman–Crippen MR) is 53.0 cm³/mol. The van der Waals surface area contributed by atoms with Gasteiger partial charge in [0, 0.05) is 7.11 Å². The minimum absolute atomic E-state index is 0.300. The minimum atomic E-state index is -0.460. The van der Waals surface area contributed by atoms with Crippen LogP contribution in [-0.2, 0) is 20.9 Å². The third kappa shape index (κ3) is 3.68. The summed E-state index contributed by atoms with van der Waals surface area (Å²) in [5.41, 5.74) is 1.09. The summed E-state index contributed by atoms with van der Waals surface area (Å²) in [5.74, 6) is 0. The SMILES string of the molecule is CO[C@@H](C=O)COCc1ccccc1. The van der Waals surface area contributed by atoms with E-state index in [1.165, 1.54) is 7.11 Å². The van der Waals surface area contributed by atoms with Crippen molar-refractivity contribution in [1.29, 1.82) is 0 Å². The summed E-state index contributed by atoms with van der Waals surface area (Å²) in [5, 5.41) is 0. The molecule has 14 heavy (non-hydrogen) atoms. The van der Waals surface area contributed by atoms with E-state index in [-0.39, 0.29) is 0 Å². The second-order valence-corrected chi connectivity index (χ2v) is 2.91. The normalized spacial score (nSPS) is 12.4. The molecule has 0 amide bonds. The number of ether oxygens (including phenoxy) is 2. The van der Waals surface area contributed by atoms with Crippen molar-refractivity contribution >= 4 is 6.29 Å². The second-order valence-electron chi connectivity index (χ2n) is 2.91. The van der Waals surface area contributed by atoms with Crippen molar-refractivity contribution in [3.05, 3.63) is 35.9 Å². The van der Waals surface area contributed by atoms with Gasteiger partial charge >= 0.3 is 0 Å². The first-order valence-corrected chi connectivity index (χ1v) is 4.46. The van der Waals surface area contributed by atoms with E-state index in [9.17, 15) is 4.79 Å². The van der Waals surface area contributed by atoms with Crippen LogP contribution < -0.4 is 0 Å². The Morgan fingerprint density at radius 2 is 2.07 bits per heavy atom. The maximum Gasteiger partial charge on any atom is 0.151 e. The summed E-state index contributed by atoms with van der Waals surface area (Å²) >= 11 is 0. The van der Waals surface area contributed by atoms with E-state index in [2.05, 4.69) is 0 Å². The van der Waals surface area contributed by atoms with Crippen molar-refractivity contribution in [1.82, 2.24) is 0 Å². The van der Waals surface area contributed by atoms with E-state index in [1.807, 2.05) is 30.3 Å². The lowest BCUT2D eigenvalue weighted by molar-refractivity contribution is -0.120. The fraction of sp³-hybridized carbons (Fsp3) is 0.364. The van der Waals surface area contributed by atoms with Crippen LogP contribution in [0.1, 0.15) is 5.56 Å². The topological polar surface area (TPSA) is 35.5 Å². The molecule has 1 aromatic carbocycles. The number of carbonyl (C=O) groups excluding carboxylic acids is 1. The first-order valence-electron chi connectivity index (χ1n) is 4.46. The molecule has 0 saturated carbocycles. The van der Waals surface area contributed by atoms with Crippen LogP contribution in [0.15, 0.2) is 30.3 Å². The lowest BCUT2D eigenvalue weighted by Crippen LogP contribution is -2.19. The molecule has 0 bridgehead atoms. The molecule has 0 radical (unpaired) electrons. The lowest BCUT2D eigenvalue weighted by atomic mass is 10.2. The van der Waals surface area contributed by atoms with Gasteiger partial charge in [-0.05, 0) is 5.56 Å². The first kappa shape index (κ1) is 10.9. The lowest BCUT2D eigenvalue weighted by Gasteiger charge is -2.08. The molecule has 1 atom stereocenters. The van der Waals surface area contributed by atoms with E-state index >= 15 is 0 Å². The van der Waals surface area contributed by atoms with Crippen LogP contribution in [0.3, 0.4) is 0 Å². The highest BCUT2D eigenvalue weighted by atomic mass is 16.5. The van der Waals surface area contributed by atoms with Gasteiger partial charge in [-0.15, -0.1) is 0 Å². The number of rotatable bonds is 6. The summed E-state index contributed by atoms with van der Waals surface area (Å²) in [6.07, 6.45) is 0.282. The molecule has 0 saturated heterocycles. The molecule has 0 aromatic heterocycles. The van der Waals surface area contributed by atoms with Crippen LogP contribution in [-0.4, -0.2) is 26.1 Å². The largest absolute Gasteiger partial charge is 0.374 e. The van der Waals surface area contributed by atoms with Gasteiger partial charge in [-0.2, -0.15) is 0 Å². The van der Waals surface area contributed by atoms with Gasteiger partial charge in [-0.1, -0.05) is 30.3 Å². The molecule has 0 aliphatic carbocycles. The van der Waals surface area contributed by atoms with Gasteiger partial charge in [0.15, 0.2) is 6.29 Å². The maximum absolute atomic E-state index is 10.4. The molecule has 0 N–H and O–H groups in total. The Bertz CT molecular complexity index is 258. The molecule has 1 rings (SSSR count). The zero-order valence-corrected chi connectivity index (χ0v) is 8.18. The zero-order valence-electron chi connectivity index (χ0n) is 8.18. The van der Waals surface area contributed by atoms with Crippen LogP contribution in [0.2, 0.25) is 0 Å². The van der Waals surface area contributed by atoms with E-state index in [4.69, 9.17) is 9.47 Å². The van der Waals surface area contributed by atoms with Gasteiger partial charge in [0.2, 0.25) is 0 Å². The van der Waals surface area contributed by atoms with E-state index in [0.29, 0.717) is 13.2 Å². The Morgan fingerprint density at radius 1 is 1.36 bits per heavy atom. The van der Waals surface area contributed by atoms with Gasteiger partial charge < -0.3 is 14.3 Å². The number of carbonyl (C=O) groups is 1. The van der Waals surface area contributed by atoms with E-state index in [1.54, 1.807) is 0 Å². The molecule has 0 aliphatic rings.